The van der Waals surface area contributed by atoms with Crippen molar-refractivity contribution < 1.29 is 9.21 Å². The van der Waals surface area contributed by atoms with Crippen LogP contribution in [0.4, 0.5) is 0 Å². The summed E-state index contributed by atoms with van der Waals surface area (Å²) >= 11 is 2.08. The fourth-order valence-corrected chi connectivity index (χ4v) is 2.50. The Balaban J connectivity index is 1.58. The van der Waals surface area contributed by atoms with Gasteiger partial charge in [0, 0.05) is 6.42 Å². The van der Waals surface area contributed by atoms with Crippen LogP contribution in [-0.4, -0.2) is 10.8 Å². The van der Waals surface area contributed by atoms with E-state index in [1.165, 1.54) is 5.56 Å². The minimum Gasteiger partial charge on any atom is -0.447 e. The summed E-state index contributed by atoms with van der Waals surface area (Å²) < 4.78 is 5.98. The molecule has 0 amide bonds. The van der Waals surface area contributed by atoms with Gasteiger partial charge < -0.3 is 4.42 Å². The summed E-state index contributed by atoms with van der Waals surface area (Å²) in [5, 5.41) is 0. The van der Waals surface area contributed by atoms with Crippen molar-refractivity contribution in [3.05, 3.63) is 51.7 Å². The van der Waals surface area contributed by atoms with Crippen LogP contribution in [0.3, 0.4) is 0 Å². The highest BCUT2D eigenvalue weighted by molar-refractivity contribution is 14.1. The van der Waals surface area contributed by atoms with Crippen molar-refractivity contribution in [1.82, 2.24) is 4.98 Å². The Kier molecular flexibility index (Phi) is 6.24. The minimum absolute atomic E-state index is 0.211. The summed E-state index contributed by atoms with van der Waals surface area (Å²) in [7, 11) is 0. The van der Waals surface area contributed by atoms with Crippen LogP contribution in [0.25, 0.3) is 0 Å². The summed E-state index contributed by atoms with van der Waals surface area (Å²) in [5.41, 5.74) is 1.37. The predicted molar refractivity (Wildman–Crippen MR) is 86.5 cm³/mol. The summed E-state index contributed by atoms with van der Waals surface area (Å²) in [6.45, 7) is 0. The molecule has 0 saturated carbocycles. The lowest BCUT2D eigenvalue weighted by Gasteiger charge is -2.01. The highest BCUT2D eigenvalue weighted by Gasteiger charge is 2.08. The number of benzene rings is 1. The lowest BCUT2D eigenvalue weighted by Crippen LogP contribution is -2.03. The zero-order valence-electron chi connectivity index (χ0n) is 11.3. The number of oxazole rings is 1. The lowest BCUT2D eigenvalue weighted by atomic mass is 10.0. The molecule has 3 nitrogen and oxygen atoms in total. The minimum atomic E-state index is 0.211. The van der Waals surface area contributed by atoms with Crippen LogP contribution in [0, 0.1) is 3.70 Å². The second-order valence-electron chi connectivity index (χ2n) is 4.83. The van der Waals surface area contributed by atoms with Gasteiger partial charge >= 0.3 is 0 Å². The van der Waals surface area contributed by atoms with E-state index in [1.54, 1.807) is 6.26 Å². The van der Waals surface area contributed by atoms with E-state index in [9.17, 15) is 4.79 Å². The van der Waals surface area contributed by atoms with E-state index < -0.39 is 0 Å². The highest BCUT2D eigenvalue weighted by atomic mass is 127. The van der Waals surface area contributed by atoms with E-state index in [0.29, 0.717) is 18.7 Å². The molecular weight excluding hydrogens is 365 g/mol. The zero-order chi connectivity index (χ0) is 14.2. The smallest absolute Gasteiger partial charge is 0.202 e. The van der Waals surface area contributed by atoms with E-state index in [1.807, 2.05) is 6.07 Å². The Morgan fingerprint density at radius 1 is 1.15 bits per heavy atom. The molecule has 0 saturated heterocycles. The Morgan fingerprint density at radius 3 is 2.65 bits per heavy atom. The molecule has 0 atom stereocenters. The van der Waals surface area contributed by atoms with E-state index in [2.05, 4.69) is 51.8 Å². The number of hydrogen-bond acceptors (Lipinski definition) is 3. The van der Waals surface area contributed by atoms with Crippen molar-refractivity contribution >= 4 is 28.4 Å². The standard InChI is InChI=1S/C16H18INO2/c17-15-12-20-16(18-15)11-14(19)10-6-2-5-9-13-7-3-1-4-8-13/h1,3-4,7-8,12H,2,5-6,9-11H2. The van der Waals surface area contributed by atoms with Crippen LogP contribution in [-0.2, 0) is 17.6 Å². The molecule has 0 aliphatic heterocycles. The summed E-state index contributed by atoms with van der Waals surface area (Å²) in [5.74, 6) is 0.742. The number of carbonyl (C=O) groups excluding carboxylic acids is 1. The molecule has 0 spiro atoms. The first-order valence-electron chi connectivity index (χ1n) is 6.89. The monoisotopic (exact) mass is 383 g/mol. The number of carbonyl (C=O) groups is 1. The molecule has 4 heteroatoms. The number of Topliss-reactive ketones (excluding diaryl/α,β-unsaturated/α-hetero) is 1. The Labute approximate surface area is 132 Å². The topological polar surface area (TPSA) is 43.1 Å². The fraction of sp³-hybridized carbons (Fsp3) is 0.375. The molecule has 0 aliphatic carbocycles. The van der Waals surface area contributed by atoms with Crippen LogP contribution in [0.2, 0.25) is 0 Å². The Bertz CT molecular complexity index is 536. The molecular formula is C16H18INO2. The number of halogens is 1. The van der Waals surface area contributed by atoms with E-state index in [-0.39, 0.29) is 5.78 Å². The van der Waals surface area contributed by atoms with Crippen molar-refractivity contribution in [1.29, 1.82) is 0 Å². The third-order valence-corrected chi connectivity index (χ3v) is 3.63. The van der Waals surface area contributed by atoms with E-state index in [4.69, 9.17) is 4.42 Å². The molecule has 0 aliphatic rings. The summed E-state index contributed by atoms with van der Waals surface area (Å²) in [4.78, 5) is 15.9. The number of nitrogens with zero attached hydrogens (tertiary/aromatic N) is 1. The van der Waals surface area contributed by atoms with Crippen LogP contribution in [0.15, 0.2) is 41.0 Å². The molecule has 0 unspecified atom stereocenters. The number of aromatic nitrogens is 1. The van der Waals surface area contributed by atoms with Gasteiger partial charge in [0.1, 0.15) is 15.7 Å². The number of rotatable bonds is 8. The van der Waals surface area contributed by atoms with E-state index in [0.717, 1.165) is 29.4 Å². The summed E-state index contributed by atoms with van der Waals surface area (Å²) in [6, 6.07) is 10.5. The van der Waals surface area contributed by atoms with Crippen molar-refractivity contribution in [2.75, 3.05) is 0 Å². The number of unbranched alkanes of at least 4 members (excludes halogenated alkanes) is 2. The van der Waals surface area contributed by atoms with Crippen LogP contribution in [0.5, 0.6) is 0 Å². The number of aryl methyl sites for hydroxylation is 1. The third kappa shape index (κ3) is 5.45. The highest BCUT2D eigenvalue weighted by Crippen LogP contribution is 2.10. The Hall–Kier alpha value is -1.17. The van der Waals surface area contributed by atoms with E-state index >= 15 is 0 Å². The van der Waals surface area contributed by atoms with Crippen LogP contribution < -0.4 is 0 Å². The van der Waals surface area contributed by atoms with Gasteiger partial charge in [-0.3, -0.25) is 4.79 Å². The quantitative estimate of drug-likeness (QED) is 0.507. The normalized spacial score (nSPS) is 10.7. The molecule has 0 fully saturated rings. The molecule has 106 valence electrons. The van der Waals surface area contributed by atoms with Crippen molar-refractivity contribution in [2.45, 2.75) is 38.5 Å². The molecule has 2 rings (SSSR count). The molecule has 20 heavy (non-hydrogen) atoms. The first kappa shape index (κ1) is 15.2. The molecule has 2 aromatic rings. The second kappa shape index (κ2) is 8.19. The molecule has 1 aromatic carbocycles. The van der Waals surface area contributed by atoms with Gasteiger partial charge in [-0.1, -0.05) is 36.8 Å². The van der Waals surface area contributed by atoms with Crippen molar-refractivity contribution in [2.24, 2.45) is 0 Å². The van der Waals surface area contributed by atoms with Crippen LogP contribution >= 0.6 is 22.6 Å². The molecule has 0 N–H and O–H groups in total. The molecule has 1 aromatic heterocycles. The molecule has 1 heterocycles. The van der Waals surface area contributed by atoms with Gasteiger partial charge in [0.2, 0.25) is 5.89 Å². The van der Waals surface area contributed by atoms with Crippen molar-refractivity contribution in [3.63, 3.8) is 0 Å². The van der Waals surface area contributed by atoms with Gasteiger partial charge in [-0.05, 0) is 47.4 Å². The van der Waals surface area contributed by atoms with Gasteiger partial charge in [0.25, 0.3) is 0 Å². The SMILES string of the molecule is O=C(CCCCCc1ccccc1)Cc1nc(I)co1. The average Bonchev–Trinajstić information content (AvgIpc) is 2.85. The number of hydrogen-bond donors (Lipinski definition) is 0. The van der Waals surface area contributed by atoms with Gasteiger partial charge in [0.15, 0.2) is 0 Å². The molecule has 0 bridgehead atoms. The van der Waals surface area contributed by atoms with Gasteiger partial charge in [0.05, 0.1) is 6.42 Å². The Morgan fingerprint density at radius 2 is 1.95 bits per heavy atom. The first-order valence-corrected chi connectivity index (χ1v) is 7.97. The maximum absolute atomic E-state index is 11.8. The average molecular weight is 383 g/mol. The van der Waals surface area contributed by atoms with Crippen LogP contribution in [0.1, 0.15) is 37.1 Å². The van der Waals surface area contributed by atoms with Gasteiger partial charge in [-0.15, -0.1) is 0 Å². The predicted octanol–water partition coefficient (Wildman–Crippen LogP) is 4.19. The largest absolute Gasteiger partial charge is 0.447 e. The molecule has 0 radical (unpaired) electrons. The number of ketones is 1. The van der Waals surface area contributed by atoms with Gasteiger partial charge in [-0.2, -0.15) is 0 Å². The zero-order valence-corrected chi connectivity index (χ0v) is 13.5. The maximum atomic E-state index is 11.8. The van der Waals surface area contributed by atoms with Gasteiger partial charge in [-0.25, -0.2) is 4.98 Å². The maximum Gasteiger partial charge on any atom is 0.202 e. The third-order valence-electron chi connectivity index (χ3n) is 3.14. The first-order chi connectivity index (χ1) is 9.74. The summed E-state index contributed by atoms with van der Waals surface area (Å²) in [6.07, 6.45) is 6.77. The van der Waals surface area contributed by atoms with Crippen molar-refractivity contribution in [3.8, 4) is 0 Å². The second-order valence-corrected chi connectivity index (χ2v) is 5.93. The lowest BCUT2D eigenvalue weighted by molar-refractivity contribution is -0.118. The fourth-order valence-electron chi connectivity index (χ4n) is 2.10.